The third kappa shape index (κ3) is 3.57. The number of nitrogens with two attached hydrogens (primary N) is 1. The van der Waals surface area contributed by atoms with E-state index in [0.29, 0.717) is 6.54 Å². The molecular weight excluding hydrogens is 224 g/mol. The van der Waals surface area contributed by atoms with Gasteiger partial charge in [-0.1, -0.05) is 31.0 Å². The van der Waals surface area contributed by atoms with E-state index in [0.717, 1.165) is 29.5 Å². The Morgan fingerprint density at radius 2 is 1.83 bits per heavy atom. The maximum atomic E-state index is 12.3. The number of hydrogen-bond donors (Lipinski definition) is 2. The molecule has 0 radical (unpaired) electrons. The second kappa shape index (κ2) is 6.55. The fourth-order valence-electron chi connectivity index (χ4n) is 2.39. The van der Waals surface area contributed by atoms with Crippen molar-refractivity contribution in [3.8, 4) is 0 Å². The van der Waals surface area contributed by atoms with Gasteiger partial charge in [-0.2, -0.15) is 0 Å². The first kappa shape index (κ1) is 14.7. The van der Waals surface area contributed by atoms with E-state index in [-0.39, 0.29) is 11.9 Å². The number of hydrogen-bond acceptors (Lipinski definition) is 2. The van der Waals surface area contributed by atoms with Crippen LogP contribution in [0.25, 0.3) is 0 Å². The number of amides is 1. The molecular formula is C15H24N2O. The topological polar surface area (TPSA) is 55.1 Å². The Balaban J connectivity index is 2.90. The van der Waals surface area contributed by atoms with Crippen LogP contribution in [0.5, 0.6) is 0 Å². The normalized spacial score (nSPS) is 12.3. The Kier molecular flexibility index (Phi) is 5.35. The molecule has 3 nitrogen and oxygen atoms in total. The second-order valence-corrected chi connectivity index (χ2v) is 4.97. The van der Waals surface area contributed by atoms with Crippen LogP contribution >= 0.6 is 0 Å². The standard InChI is InChI=1S/C15H24N2O/c1-5-6-13(9-16)17-15(18)14-11(3)7-10(2)8-12(14)4/h7-8,13H,5-6,9,16H2,1-4H3,(H,17,18). The van der Waals surface area contributed by atoms with Gasteiger partial charge in [-0.05, 0) is 38.3 Å². The van der Waals surface area contributed by atoms with Crippen LogP contribution in [0.4, 0.5) is 0 Å². The summed E-state index contributed by atoms with van der Waals surface area (Å²) < 4.78 is 0. The van der Waals surface area contributed by atoms with Crippen LogP contribution in [-0.2, 0) is 0 Å². The lowest BCUT2D eigenvalue weighted by atomic mass is 9.98. The highest BCUT2D eigenvalue weighted by atomic mass is 16.1. The van der Waals surface area contributed by atoms with Gasteiger partial charge in [-0.3, -0.25) is 4.79 Å². The van der Waals surface area contributed by atoms with Crippen molar-refractivity contribution in [2.45, 2.75) is 46.6 Å². The molecule has 1 amide bonds. The van der Waals surface area contributed by atoms with Gasteiger partial charge in [0.15, 0.2) is 0 Å². The number of rotatable bonds is 5. The molecule has 1 rings (SSSR count). The first-order valence-electron chi connectivity index (χ1n) is 6.58. The summed E-state index contributed by atoms with van der Waals surface area (Å²) in [5, 5.41) is 3.02. The Morgan fingerprint density at radius 3 is 2.28 bits per heavy atom. The monoisotopic (exact) mass is 248 g/mol. The van der Waals surface area contributed by atoms with Gasteiger partial charge < -0.3 is 11.1 Å². The zero-order chi connectivity index (χ0) is 13.7. The molecule has 0 aliphatic carbocycles. The van der Waals surface area contributed by atoms with Crippen LogP contribution in [0.1, 0.15) is 46.8 Å². The molecule has 0 saturated heterocycles. The SMILES string of the molecule is CCCC(CN)NC(=O)c1c(C)cc(C)cc1C. The van der Waals surface area contributed by atoms with Crippen LogP contribution in [0.2, 0.25) is 0 Å². The van der Waals surface area contributed by atoms with E-state index < -0.39 is 0 Å². The summed E-state index contributed by atoms with van der Waals surface area (Å²) in [7, 11) is 0. The van der Waals surface area contributed by atoms with Crippen molar-refractivity contribution in [2.24, 2.45) is 5.73 Å². The highest BCUT2D eigenvalue weighted by molar-refractivity contribution is 5.97. The Labute approximate surface area is 110 Å². The molecule has 0 bridgehead atoms. The number of carbonyl (C=O) groups is 1. The van der Waals surface area contributed by atoms with Crippen molar-refractivity contribution in [1.29, 1.82) is 0 Å². The van der Waals surface area contributed by atoms with Crippen LogP contribution in [0, 0.1) is 20.8 Å². The van der Waals surface area contributed by atoms with Crippen molar-refractivity contribution in [1.82, 2.24) is 5.32 Å². The highest BCUT2D eigenvalue weighted by Crippen LogP contribution is 2.16. The molecule has 0 fully saturated rings. The summed E-state index contributed by atoms with van der Waals surface area (Å²) in [5.41, 5.74) is 9.69. The predicted octanol–water partition coefficient (Wildman–Crippen LogP) is 2.47. The van der Waals surface area contributed by atoms with Crippen LogP contribution in [-0.4, -0.2) is 18.5 Å². The molecule has 3 heteroatoms. The van der Waals surface area contributed by atoms with Gasteiger partial charge in [0.2, 0.25) is 0 Å². The molecule has 3 N–H and O–H groups in total. The minimum Gasteiger partial charge on any atom is -0.348 e. The largest absolute Gasteiger partial charge is 0.348 e. The predicted molar refractivity (Wildman–Crippen MR) is 75.9 cm³/mol. The molecule has 0 aromatic heterocycles. The van der Waals surface area contributed by atoms with E-state index >= 15 is 0 Å². The van der Waals surface area contributed by atoms with Gasteiger partial charge >= 0.3 is 0 Å². The van der Waals surface area contributed by atoms with Gasteiger partial charge in [-0.25, -0.2) is 0 Å². The van der Waals surface area contributed by atoms with Crippen molar-refractivity contribution in [3.05, 3.63) is 34.4 Å². The number of nitrogens with one attached hydrogen (secondary N) is 1. The van der Waals surface area contributed by atoms with Crippen LogP contribution in [0.3, 0.4) is 0 Å². The molecule has 1 unspecified atom stereocenters. The lowest BCUT2D eigenvalue weighted by molar-refractivity contribution is 0.0935. The molecule has 0 saturated carbocycles. The fraction of sp³-hybridized carbons (Fsp3) is 0.533. The lowest BCUT2D eigenvalue weighted by Gasteiger charge is -2.18. The number of aryl methyl sites for hydroxylation is 3. The highest BCUT2D eigenvalue weighted by Gasteiger charge is 2.15. The molecule has 0 spiro atoms. The number of benzene rings is 1. The summed E-state index contributed by atoms with van der Waals surface area (Å²) in [6, 6.07) is 4.15. The minimum atomic E-state index is -0.00565. The Morgan fingerprint density at radius 1 is 1.28 bits per heavy atom. The van der Waals surface area contributed by atoms with E-state index in [1.165, 1.54) is 5.56 Å². The van der Waals surface area contributed by atoms with Crippen molar-refractivity contribution in [3.63, 3.8) is 0 Å². The third-order valence-corrected chi connectivity index (χ3v) is 3.16. The van der Waals surface area contributed by atoms with Crippen LogP contribution in [0.15, 0.2) is 12.1 Å². The fourth-order valence-corrected chi connectivity index (χ4v) is 2.39. The zero-order valence-corrected chi connectivity index (χ0v) is 11.8. The van der Waals surface area contributed by atoms with Gasteiger partial charge in [-0.15, -0.1) is 0 Å². The number of carbonyl (C=O) groups excluding carboxylic acids is 1. The van der Waals surface area contributed by atoms with Crippen molar-refractivity contribution < 1.29 is 4.79 Å². The first-order valence-corrected chi connectivity index (χ1v) is 6.58. The minimum absolute atomic E-state index is 0.00565. The smallest absolute Gasteiger partial charge is 0.252 e. The zero-order valence-electron chi connectivity index (χ0n) is 11.8. The molecule has 1 aromatic rings. The molecule has 18 heavy (non-hydrogen) atoms. The average Bonchev–Trinajstić information content (AvgIpc) is 2.26. The van der Waals surface area contributed by atoms with Gasteiger partial charge in [0.05, 0.1) is 0 Å². The first-order chi connectivity index (χ1) is 8.49. The average molecular weight is 248 g/mol. The summed E-state index contributed by atoms with van der Waals surface area (Å²) >= 11 is 0. The van der Waals surface area contributed by atoms with Crippen LogP contribution < -0.4 is 11.1 Å². The molecule has 1 aromatic carbocycles. The van der Waals surface area contributed by atoms with Gasteiger partial charge in [0.25, 0.3) is 5.91 Å². The summed E-state index contributed by atoms with van der Waals surface area (Å²) in [6.07, 6.45) is 1.94. The maximum Gasteiger partial charge on any atom is 0.252 e. The summed E-state index contributed by atoms with van der Waals surface area (Å²) in [4.78, 5) is 12.3. The van der Waals surface area contributed by atoms with Crippen molar-refractivity contribution >= 4 is 5.91 Å². The maximum absolute atomic E-state index is 12.3. The van der Waals surface area contributed by atoms with E-state index in [9.17, 15) is 4.79 Å². The van der Waals surface area contributed by atoms with E-state index in [1.807, 2.05) is 32.9 Å². The molecule has 100 valence electrons. The van der Waals surface area contributed by atoms with Gasteiger partial charge in [0, 0.05) is 18.2 Å². The Bertz CT molecular complexity index is 403. The van der Waals surface area contributed by atoms with Gasteiger partial charge in [0.1, 0.15) is 0 Å². The second-order valence-electron chi connectivity index (χ2n) is 4.97. The molecule has 0 heterocycles. The molecule has 0 aliphatic heterocycles. The third-order valence-electron chi connectivity index (χ3n) is 3.16. The van der Waals surface area contributed by atoms with Crippen molar-refractivity contribution in [2.75, 3.05) is 6.54 Å². The Hall–Kier alpha value is -1.35. The van der Waals surface area contributed by atoms with E-state index in [2.05, 4.69) is 12.2 Å². The van der Waals surface area contributed by atoms with E-state index in [4.69, 9.17) is 5.73 Å². The van der Waals surface area contributed by atoms with E-state index in [1.54, 1.807) is 0 Å². The lowest BCUT2D eigenvalue weighted by Crippen LogP contribution is -2.40. The summed E-state index contributed by atoms with van der Waals surface area (Å²) in [6.45, 7) is 8.58. The molecule has 1 atom stereocenters. The quantitative estimate of drug-likeness (QED) is 0.841. The summed E-state index contributed by atoms with van der Waals surface area (Å²) in [5.74, 6) is -0.00565. The molecule has 0 aliphatic rings.